The van der Waals surface area contributed by atoms with Gasteiger partial charge in [0.2, 0.25) is 17.7 Å². The summed E-state index contributed by atoms with van der Waals surface area (Å²) in [5, 5.41) is 3.80. The van der Waals surface area contributed by atoms with Crippen molar-refractivity contribution in [1.29, 1.82) is 0 Å². The van der Waals surface area contributed by atoms with E-state index in [-0.39, 0.29) is 23.6 Å². The number of aryl methyl sites for hydroxylation is 1. The second kappa shape index (κ2) is 9.91. The van der Waals surface area contributed by atoms with Crippen LogP contribution in [-0.2, 0) is 20.9 Å². The number of pyridine rings is 1. The van der Waals surface area contributed by atoms with E-state index < -0.39 is 12.1 Å². The Kier molecular flexibility index (Phi) is 7.27. The van der Waals surface area contributed by atoms with Gasteiger partial charge in [0.05, 0.1) is 17.8 Å². The molecule has 1 saturated heterocycles. The second-order valence-corrected chi connectivity index (χ2v) is 8.40. The number of nitrogens with one attached hydrogen (secondary N) is 1. The number of hydrogen-bond acceptors (Lipinski definition) is 5. The minimum absolute atomic E-state index is 0.00217. The van der Waals surface area contributed by atoms with Crippen molar-refractivity contribution < 1.29 is 14.4 Å². The third-order valence-corrected chi connectivity index (χ3v) is 5.84. The maximum atomic E-state index is 12.7. The molecular weight excluding hydrogens is 396 g/mol. The molecule has 1 aliphatic rings. The van der Waals surface area contributed by atoms with E-state index in [1.807, 2.05) is 36.7 Å². The summed E-state index contributed by atoms with van der Waals surface area (Å²) in [6.45, 7) is 7.88. The number of hydrogen-bond donors (Lipinski definition) is 2. The van der Waals surface area contributed by atoms with Crippen molar-refractivity contribution >= 4 is 28.6 Å². The minimum atomic E-state index is -0.643. The smallest absolute Gasteiger partial charge is 0.244 e. The lowest BCUT2D eigenvalue weighted by Crippen LogP contribution is -2.57. The summed E-state index contributed by atoms with van der Waals surface area (Å²) in [6.07, 6.45) is 5.92. The molecular formula is C22H32N6O3. The lowest BCUT2D eigenvalue weighted by Gasteiger charge is -2.36. The number of amides is 3. The summed E-state index contributed by atoms with van der Waals surface area (Å²) in [5.41, 5.74) is 6.86. The first-order valence-electron chi connectivity index (χ1n) is 10.8. The normalized spacial score (nSPS) is 16.4. The maximum absolute atomic E-state index is 12.7. The molecule has 2 atom stereocenters. The molecule has 2 aromatic rings. The van der Waals surface area contributed by atoms with Crippen molar-refractivity contribution in [2.24, 2.45) is 11.7 Å². The van der Waals surface area contributed by atoms with Crippen LogP contribution in [0.15, 0.2) is 30.7 Å². The van der Waals surface area contributed by atoms with Crippen molar-refractivity contribution in [3.63, 3.8) is 0 Å². The number of nitrogens with zero attached hydrogens (tertiary/aromatic N) is 4. The molecule has 0 radical (unpaired) electrons. The molecule has 0 spiro atoms. The van der Waals surface area contributed by atoms with Crippen LogP contribution < -0.4 is 11.1 Å². The summed E-state index contributed by atoms with van der Waals surface area (Å²) in [4.78, 5) is 45.1. The van der Waals surface area contributed by atoms with Crippen LogP contribution >= 0.6 is 0 Å². The molecule has 3 rings (SSSR count). The zero-order chi connectivity index (χ0) is 22.5. The van der Waals surface area contributed by atoms with E-state index in [4.69, 9.17) is 5.73 Å². The summed E-state index contributed by atoms with van der Waals surface area (Å²) in [6, 6.07) is 2.68. The lowest BCUT2D eigenvalue weighted by atomic mass is 10.0. The number of piperazine rings is 1. The van der Waals surface area contributed by atoms with E-state index in [1.165, 1.54) is 0 Å². The third kappa shape index (κ3) is 5.41. The number of aromatic nitrogens is 2. The summed E-state index contributed by atoms with van der Waals surface area (Å²) >= 11 is 0. The van der Waals surface area contributed by atoms with Gasteiger partial charge in [0.15, 0.2) is 0 Å². The van der Waals surface area contributed by atoms with E-state index in [0.29, 0.717) is 39.1 Å². The predicted molar refractivity (Wildman–Crippen MR) is 118 cm³/mol. The van der Waals surface area contributed by atoms with E-state index >= 15 is 0 Å². The first-order valence-corrected chi connectivity index (χ1v) is 10.8. The first kappa shape index (κ1) is 22.7. The van der Waals surface area contributed by atoms with Crippen LogP contribution in [0, 0.1) is 5.92 Å². The van der Waals surface area contributed by atoms with Gasteiger partial charge in [0.1, 0.15) is 6.04 Å². The number of carbonyl (C=O) groups excluding carboxylic acids is 3. The quantitative estimate of drug-likeness (QED) is 0.670. The van der Waals surface area contributed by atoms with Crippen LogP contribution in [0.4, 0.5) is 0 Å². The minimum Gasteiger partial charge on any atom is -0.346 e. The number of rotatable bonds is 7. The fraction of sp³-hybridized carbons (Fsp3) is 0.545. The van der Waals surface area contributed by atoms with Gasteiger partial charge in [0.25, 0.3) is 0 Å². The molecule has 0 aromatic carbocycles. The molecule has 3 amide bonds. The first-order chi connectivity index (χ1) is 14.8. The van der Waals surface area contributed by atoms with E-state index in [1.54, 1.807) is 29.1 Å². The lowest BCUT2D eigenvalue weighted by molar-refractivity contribution is -0.141. The van der Waals surface area contributed by atoms with Crippen molar-refractivity contribution in [2.45, 2.75) is 45.8 Å². The Bertz CT molecular complexity index is 932. The largest absolute Gasteiger partial charge is 0.346 e. The van der Waals surface area contributed by atoms with E-state index in [0.717, 1.165) is 10.9 Å². The molecule has 9 nitrogen and oxygen atoms in total. The van der Waals surface area contributed by atoms with E-state index in [2.05, 4.69) is 10.3 Å². The van der Waals surface area contributed by atoms with Crippen LogP contribution in [0.1, 0.15) is 27.2 Å². The van der Waals surface area contributed by atoms with Gasteiger partial charge in [-0.1, -0.05) is 13.8 Å². The molecule has 9 heteroatoms. The fourth-order valence-corrected chi connectivity index (χ4v) is 3.72. The van der Waals surface area contributed by atoms with Crippen molar-refractivity contribution in [1.82, 2.24) is 24.7 Å². The molecule has 0 bridgehead atoms. The highest BCUT2D eigenvalue weighted by molar-refractivity contribution is 5.89. The van der Waals surface area contributed by atoms with Gasteiger partial charge >= 0.3 is 0 Å². The highest BCUT2D eigenvalue weighted by Gasteiger charge is 2.29. The Hall–Kier alpha value is -2.94. The van der Waals surface area contributed by atoms with Crippen molar-refractivity contribution in [3.8, 4) is 0 Å². The van der Waals surface area contributed by atoms with Gasteiger partial charge in [0, 0.05) is 56.9 Å². The zero-order valence-electron chi connectivity index (χ0n) is 18.5. The summed E-state index contributed by atoms with van der Waals surface area (Å²) in [7, 11) is 0. The van der Waals surface area contributed by atoms with Gasteiger partial charge in [-0.05, 0) is 25.0 Å². The Morgan fingerprint density at radius 1 is 1.10 bits per heavy atom. The van der Waals surface area contributed by atoms with Gasteiger partial charge in [-0.25, -0.2) is 0 Å². The topological polar surface area (TPSA) is 114 Å². The number of carbonyl (C=O) groups is 3. The molecule has 3 N–H and O–H groups in total. The molecule has 3 heterocycles. The highest BCUT2D eigenvalue weighted by Crippen LogP contribution is 2.15. The Morgan fingerprint density at radius 3 is 2.45 bits per heavy atom. The molecule has 1 fully saturated rings. The van der Waals surface area contributed by atoms with Crippen LogP contribution in [0.3, 0.4) is 0 Å². The zero-order valence-corrected chi connectivity index (χ0v) is 18.5. The van der Waals surface area contributed by atoms with Gasteiger partial charge in [-0.2, -0.15) is 0 Å². The van der Waals surface area contributed by atoms with Crippen LogP contribution in [-0.4, -0.2) is 75.3 Å². The Morgan fingerprint density at radius 2 is 1.77 bits per heavy atom. The summed E-state index contributed by atoms with van der Waals surface area (Å²) in [5.74, 6) is -0.403. The third-order valence-electron chi connectivity index (χ3n) is 5.84. The fourth-order valence-electron chi connectivity index (χ4n) is 3.72. The van der Waals surface area contributed by atoms with Crippen molar-refractivity contribution in [3.05, 3.63) is 30.7 Å². The Labute approximate surface area is 182 Å². The van der Waals surface area contributed by atoms with Gasteiger partial charge < -0.3 is 25.4 Å². The molecule has 168 valence electrons. The molecule has 0 unspecified atom stereocenters. The van der Waals surface area contributed by atoms with Gasteiger partial charge in [-0.3, -0.25) is 19.4 Å². The van der Waals surface area contributed by atoms with Crippen LogP contribution in [0.2, 0.25) is 0 Å². The molecule has 31 heavy (non-hydrogen) atoms. The molecule has 2 aromatic heterocycles. The molecule has 0 aliphatic carbocycles. The average molecular weight is 429 g/mol. The van der Waals surface area contributed by atoms with E-state index in [9.17, 15) is 14.4 Å². The SMILES string of the molecule is CC(C)[C@H](N)C(=O)N[C@@H](C)C(=O)N1CCN(C(=O)CCn2ccc3ccncc32)CC1. The number of fused-ring (bicyclic) bond motifs is 1. The molecule has 1 aliphatic heterocycles. The van der Waals surface area contributed by atoms with Crippen molar-refractivity contribution in [2.75, 3.05) is 26.2 Å². The number of nitrogens with two attached hydrogens (primary N) is 1. The monoisotopic (exact) mass is 428 g/mol. The highest BCUT2D eigenvalue weighted by atomic mass is 16.2. The maximum Gasteiger partial charge on any atom is 0.244 e. The van der Waals surface area contributed by atoms with Crippen LogP contribution in [0.25, 0.3) is 10.9 Å². The predicted octanol–water partition coefficient (Wildman–Crippen LogP) is 0.585. The molecule has 0 saturated carbocycles. The Balaban J connectivity index is 1.45. The standard InChI is InChI=1S/C22H32N6O3/c1-15(2)20(23)21(30)25-16(3)22(31)28-12-10-27(11-13-28)19(29)6-9-26-8-5-17-4-7-24-14-18(17)26/h4-5,7-8,14-16,20H,6,9-13,23H2,1-3H3,(H,25,30)/t16-,20-/m0/s1. The summed E-state index contributed by atoms with van der Waals surface area (Å²) < 4.78 is 2.03. The average Bonchev–Trinajstić information content (AvgIpc) is 3.19. The van der Waals surface area contributed by atoms with Crippen LogP contribution in [0.5, 0.6) is 0 Å². The second-order valence-electron chi connectivity index (χ2n) is 8.40. The van der Waals surface area contributed by atoms with Gasteiger partial charge in [-0.15, -0.1) is 0 Å².